The van der Waals surface area contributed by atoms with Crippen molar-refractivity contribution >= 4 is 16.9 Å². The van der Waals surface area contributed by atoms with Crippen molar-refractivity contribution in [2.24, 2.45) is 5.73 Å². The second-order valence-corrected chi connectivity index (χ2v) is 5.40. The molecule has 1 aromatic carbocycles. The first-order chi connectivity index (χ1) is 10.2. The van der Waals surface area contributed by atoms with Crippen molar-refractivity contribution in [3.63, 3.8) is 0 Å². The first kappa shape index (κ1) is 15.5. The Bertz CT molecular complexity index is 605. The van der Waals surface area contributed by atoms with E-state index in [-0.39, 0.29) is 11.9 Å². The molecule has 114 valence electrons. The number of fused-ring (bicyclic) bond motifs is 1. The summed E-state index contributed by atoms with van der Waals surface area (Å²) in [7, 11) is 0. The highest BCUT2D eigenvalue weighted by molar-refractivity contribution is 5.81. The monoisotopic (exact) mass is 288 g/mol. The number of carbonyl (C=O) groups excluding carboxylic acids is 1. The van der Waals surface area contributed by atoms with Crippen LogP contribution in [0, 0.1) is 0 Å². The molecule has 1 atom stereocenters. The van der Waals surface area contributed by atoms with Crippen LogP contribution in [0.2, 0.25) is 0 Å². The maximum absolute atomic E-state index is 12.2. The molecule has 0 saturated heterocycles. The molecular formula is C16H24N4O. The van der Waals surface area contributed by atoms with Crippen LogP contribution in [0.5, 0.6) is 0 Å². The Kier molecular flexibility index (Phi) is 5.33. The third-order valence-electron chi connectivity index (χ3n) is 3.53. The minimum Gasteiger partial charge on any atom is -0.352 e. The van der Waals surface area contributed by atoms with Gasteiger partial charge in [-0.25, -0.2) is 4.98 Å². The van der Waals surface area contributed by atoms with Crippen LogP contribution in [0.15, 0.2) is 24.3 Å². The summed E-state index contributed by atoms with van der Waals surface area (Å²) in [6.45, 7) is 4.97. The van der Waals surface area contributed by atoms with Crippen molar-refractivity contribution in [1.29, 1.82) is 0 Å². The number of hydrogen-bond donors (Lipinski definition) is 2. The van der Waals surface area contributed by atoms with Gasteiger partial charge in [0.05, 0.1) is 11.0 Å². The van der Waals surface area contributed by atoms with Crippen molar-refractivity contribution in [3.8, 4) is 0 Å². The number of nitrogens with zero attached hydrogens (tertiary/aromatic N) is 2. The lowest BCUT2D eigenvalue weighted by Crippen LogP contribution is -2.35. The average Bonchev–Trinajstić information content (AvgIpc) is 2.77. The second kappa shape index (κ2) is 7.22. The number of amides is 1. The maximum atomic E-state index is 12.2. The minimum absolute atomic E-state index is 0.0253. The van der Waals surface area contributed by atoms with Gasteiger partial charge < -0.3 is 15.6 Å². The Morgan fingerprint density at radius 3 is 2.90 bits per heavy atom. The first-order valence-corrected chi connectivity index (χ1v) is 7.59. The molecule has 0 bridgehead atoms. The predicted molar refractivity (Wildman–Crippen MR) is 85.0 cm³/mol. The first-order valence-electron chi connectivity index (χ1n) is 7.59. The van der Waals surface area contributed by atoms with E-state index < -0.39 is 0 Å². The summed E-state index contributed by atoms with van der Waals surface area (Å²) in [6.07, 6.45) is 2.73. The Hall–Kier alpha value is -1.88. The molecule has 0 aliphatic carbocycles. The standard InChI is InChI=1S/C16H24N4O/c1-3-6-12(2)18-16(21)11-20-14-8-5-4-7-13(14)19-15(20)9-10-17/h4-5,7-8,12H,3,6,9-11,17H2,1-2H3,(H,18,21). The van der Waals surface area contributed by atoms with E-state index in [1.165, 1.54) is 0 Å². The fourth-order valence-corrected chi connectivity index (χ4v) is 2.59. The van der Waals surface area contributed by atoms with E-state index in [4.69, 9.17) is 5.73 Å². The van der Waals surface area contributed by atoms with E-state index in [1.54, 1.807) is 0 Å². The third kappa shape index (κ3) is 3.82. The van der Waals surface area contributed by atoms with Crippen LogP contribution >= 0.6 is 0 Å². The quantitative estimate of drug-likeness (QED) is 0.816. The Labute approximate surface area is 125 Å². The van der Waals surface area contributed by atoms with Gasteiger partial charge in [0.15, 0.2) is 0 Å². The van der Waals surface area contributed by atoms with Gasteiger partial charge in [0.2, 0.25) is 5.91 Å². The average molecular weight is 288 g/mol. The molecule has 5 nitrogen and oxygen atoms in total. The van der Waals surface area contributed by atoms with Gasteiger partial charge in [-0.15, -0.1) is 0 Å². The molecule has 2 aromatic rings. The number of nitrogens with one attached hydrogen (secondary N) is 1. The molecule has 0 aliphatic rings. The highest BCUT2D eigenvalue weighted by Crippen LogP contribution is 2.16. The number of hydrogen-bond acceptors (Lipinski definition) is 3. The zero-order chi connectivity index (χ0) is 15.2. The van der Waals surface area contributed by atoms with Crippen LogP contribution < -0.4 is 11.1 Å². The highest BCUT2D eigenvalue weighted by Gasteiger charge is 2.14. The molecule has 2 rings (SSSR count). The van der Waals surface area contributed by atoms with Crippen molar-refractivity contribution < 1.29 is 4.79 Å². The smallest absolute Gasteiger partial charge is 0.240 e. The lowest BCUT2D eigenvalue weighted by atomic mass is 10.2. The number of aromatic nitrogens is 2. The van der Waals surface area contributed by atoms with Gasteiger partial charge in [-0.05, 0) is 32.0 Å². The molecule has 1 heterocycles. The predicted octanol–water partition coefficient (Wildman–Crippen LogP) is 1.84. The fourth-order valence-electron chi connectivity index (χ4n) is 2.59. The fraction of sp³-hybridized carbons (Fsp3) is 0.500. The van der Waals surface area contributed by atoms with E-state index in [0.29, 0.717) is 19.5 Å². The Balaban J connectivity index is 2.19. The van der Waals surface area contributed by atoms with Crippen molar-refractivity contribution in [3.05, 3.63) is 30.1 Å². The maximum Gasteiger partial charge on any atom is 0.240 e. The lowest BCUT2D eigenvalue weighted by molar-refractivity contribution is -0.122. The van der Waals surface area contributed by atoms with E-state index in [2.05, 4.69) is 17.2 Å². The molecule has 0 saturated carbocycles. The number of carbonyl (C=O) groups is 1. The number of para-hydroxylation sites is 2. The van der Waals surface area contributed by atoms with Gasteiger partial charge >= 0.3 is 0 Å². The van der Waals surface area contributed by atoms with Gasteiger partial charge in [0, 0.05) is 12.5 Å². The van der Waals surface area contributed by atoms with Crippen LogP contribution in [0.1, 0.15) is 32.5 Å². The molecular weight excluding hydrogens is 264 g/mol. The molecule has 1 unspecified atom stereocenters. The normalized spacial score (nSPS) is 12.5. The molecule has 0 radical (unpaired) electrons. The number of imidazole rings is 1. The van der Waals surface area contributed by atoms with Gasteiger partial charge in [-0.2, -0.15) is 0 Å². The summed E-state index contributed by atoms with van der Waals surface area (Å²) in [4.78, 5) is 16.8. The van der Waals surface area contributed by atoms with Crippen molar-refractivity contribution in [2.75, 3.05) is 6.54 Å². The van der Waals surface area contributed by atoms with Gasteiger partial charge in [0.25, 0.3) is 0 Å². The molecule has 0 aliphatic heterocycles. The van der Waals surface area contributed by atoms with Crippen LogP contribution in [-0.2, 0) is 17.8 Å². The van der Waals surface area contributed by atoms with Crippen LogP contribution in [-0.4, -0.2) is 28.0 Å². The largest absolute Gasteiger partial charge is 0.352 e. The summed E-state index contributed by atoms with van der Waals surface area (Å²) in [5.74, 6) is 0.898. The number of benzene rings is 1. The molecule has 5 heteroatoms. The van der Waals surface area contributed by atoms with Crippen molar-refractivity contribution in [1.82, 2.24) is 14.9 Å². The van der Waals surface area contributed by atoms with Gasteiger partial charge in [-0.1, -0.05) is 25.5 Å². The third-order valence-corrected chi connectivity index (χ3v) is 3.53. The molecule has 1 amide bonds. The minimum atomic E-state index is 0.0253. The zero-order valence-corrected chi connectivity index (χ0v) is 12.8. The van der Waals surface area contributed by atoms with E-state index in [0.717, 1.165) is 29.7 Å². The Morgan fingerprint density at radius 1 is 1.43 bits per heavy atom. The molecule has 0 fully saturated rings. The zero-order valence-electron chi connectivity index (χ0n) is 12.8. The van der Waals surface area contributed by atoms with E-state index in [1.807, 2.05) is 35.8 Å². The number of nitrogens with two attached hydrogens (primary N) is 1. The van der Waals surface area contributed by atoms with Gasteiger partial charge in [-0.3, -0.25) is 4.79 Å². The van der Waals surface area contributed by atoms with E-state index >= 15 is 0 Å². The lowest BCUT2D eigenvalue weighted by Gasteiger charge is -2.14. The van der Waals surface area contributed by atoms with Crippen LogP contribution in [0.4, 0.5) is 0 Å². The highest BCUT2D eigenvalue weighted by atomic mass is 16.2. The molecule has 21 heavy (non-hydrogen) atoms. The summed E-state index contributed by atoms with van der Waals surface area (Å²) in [5, 5.41) is 3.03. The topological polar surface area (TPSA) is 72.9 Å². The van der Waals surface area contributed by atoms with Gasteiger partial charge in [0.1, 0.15) is 12.4 Å². The van der Waals surface area contributed by atoms with Crippen molar-refractivity contribution in [2.45, 2.75) is 45.7 Å². The number of rotatable bonds is 7. The summed E-state index contributed by atoms with van der Waals surface area (Å²) >= 11 is 0. The van der Waals surface area contributed by atoms with Crippen LogP contribution in [0.25, 0.3) is 11.0 Å². The molecule has 1 aromatic heterocycles. The Morgan fingerprint density at radius 2 is 2.19 bits per heavy atom. The second-order valence-electron chi connectivity index (χ2n) is 5.40. The summed E-state index contributed by atoms with van der Waals surface area (Å²) < 4.78 is 1.97. The SMILES string of the molecule is CCCC(C)NC(=O)Cn1c(CCN)nc2ccccc21. The van der Waals surface area contributed by atoms with E-state index in [9.17, 15) is 4.79 Å². The molecule has 0 spiro atoms. The summed E-state index contributed by atoms with van der Waals surface area (Å²) in [6, 6.07) is 8.07. The van der Waals surface area contributed by atoms with Crippen LogP contribution in [0.3, 0.4) is 0 Å². The molecule has 3 N–H and O–H groups in total. The summed E-state index contributed by atoms with van der Waals surface area (Å²) in [5.41, 5.74) is 7.55.